The van der Waals surface area contributed by atoms with Gasteiger partial charge in [0, 0.05) is 0 Å². The van der Waals surface area contributed by atoms with Crippen LogP contribution in [0.2, 0.25) is 0 Å². The third-order valence-corrected chi connectivity index (χ3v) is 6.17. The maximum absolute atomic E-state index is 12.7. The van der Waals surface area contributed by atoms with Gasteiger partial charge in [-0.2, -0.15) is 9.50 Å². The number of nitrogens with zero attached hydrogens (tertiary/aromatic N) is 3. The molecule has 0 aliphatic heterocycles. The smallest absolute Gasteiger partial charge is 0.291 e. The molecule has 0 fully saturated rings. The minimum Gasteiger partial charge on any atom is -0.489 e. The summed E-state index contributed by atoms with van der Waals surface area (Å²) in [5.74, 6) is 1.38. The van der Waals surface area contributed by atoms with Gasteiger partial charge < -0.3 is 4.74 Å². The van der Waals surface area contributed by atoms with E-state index in [1.807, 2.05) is 78.2 Å². The number of thiophene rings is 1. The lowest BCUT2D eigenvalue weighted by Gasteiger charge is -2.06. The summed E-state index contributed by atoms with van der Waals surface area (Å²) in [7, 11) is 0. The largest absolute Gasteiger partial charge is 0.489 e. The Kier molecular flexibility index (Phi) is 4.67. The zero-order valence-electron chi connectivity index (χ0n) is 15.2. The van der Waals surface area contributed by atoms with Gasteiger partial charge in [0.15, 0.2) is 5.82 Å². The van der Waals surface area contributed by atoms with Crippen LogP contribution >= 0.6 is 22.7 Å². The third kappa shape index (κ3) is 3.70. The number of aromatic nitrogens is 3. The first kappa shape index (κ1) is 17.8. The molecule has 0 atom stereocenters. The molecule has 0 bridgehead atoms. The monoisotopic (exact) mass is 417 g/mol. The molecule has 5 aromatic rings. The molecule has 5 nitrogen and oxygen atoms in total. The fourth-order valence-corrected chi connectivity index (χ4v) is 4.46. The highest BCUT2D eigenvalue weighted by Gasteiger charge is 2.12. The van der Waals surface area contributed by atoms with Crippen LogP contribution < -0.4 is 14.8 Å². The van der Waals surface area contributed by atoms with Crippen LogP contribution in [-0.2, 0) is 6.61 Å². The minimum absolute atomic E-state index is 0.148. The van der Waals surface area contributed by atoms with Gasteiger partial charge in [0.2, 0.25) is 4.96 Å². The predicted octanol–water partition coefficient (Wildman–Crippen LogP) is 4.01. The van der Waals surface area contributed by atoms with Crippen LogP contribution in [0, 0.1) is 0 Å². The van der Waals surface area contributed by atoms with Crippen molar-refractivity contribution in [3.63, 3.8) is 0 Å². The van der Waals surface area contributed by atoms with Crippen molar-refractivity contribution in [1.82, 2.24) is 14.6 Å². The standard InChI is InChI=1S/C22H15N3O2S2/c26-21-19(29-22-23-20(24-25(21)22)18-7-4-12-28-18)13-15-8-10-17(11-9-15)27-14-16-5-2-1-3-6-16/h1-13H,14H2/b19-13+. The van der Waals surface area contributed by atoms with E-state index in [0.29, 0.717) is 21.9 Å². The first-order valence-corrected chi connectivity index (χ1v) is 10.7. The zero-order valence-corrected chi connectivity index (χ0v) is 16.8. The van der Waals surface area contributed by atoms with Crippen molar-refractivity contribution >= 4 is 33.7 Å². The third-order valence-electron chi connectivity index (χ3n) is 4.35. The van der Waals surface area contributed by atoms with Gasteiger partial charge in [-0.05, 0) is 40.8 Å². The second kappa shape index (κ2) is 7.62. The lowest BCUT2D eigenvalue weighted by Crippen LogP contribution is -2.23. The summed E-state index contributed by atoms with van der Waals surface area (Å²) in [6.45, 7) is 0.523. The van der Waals surface area contributed by atoms with E-state index in [4.69, 9.17) is 4.74 Å². The SMILES string of the molecule is O=c1/c(=C\c2ccc(OCc3ccccc3)cc2)sc2nc(-c3cccs3)nn12. The topological polar surface area (TPSA) is 56.5 Å². The van der Waals surface area contributed by atoms with Crippen molar-refractivity contribution in [1.29, 1.82) is 0 Å². The van der Waals surface area contributed by atoms with Crippen LogP contribution in [-0.4, -0.2) is 14.6 Å². The fraction of sp³-hybridized carbons (Fsp3) is 0.0455. The summed E-state index contributed by atoms with van der Waals surface area (Å²) >= 11 is 2.90. The van der Waals surface area contributed by atoms with Gasteiger partial charge in [-0.1, -0.05) is 59.9 Å². The molecule has 0 aliphatic rings. The molecule has 142 valence electrons. The highest BCUT2D eigenvalue weighted by Crippen LogP contribution is 2.21. The summed E-state index contributed by atoms with van der Waals surface area (Å²) in [6, 6.07) is 21.6. The van der Waals surface area contributed by atoms with E-state index in [1.54, 1.807) is 11.3 Å². The Morgan fingerprint density at radius 1 is 1.00 bits per heavy atom. The van der Waals surface area contributed by atoms with Gasteiger partial charge in [-0.25, -0.2) is 0 Å². The maximum Gasteiger partial charge on any atom is 0.291 e. The summed E-state index contributed by atoms with van der Waals surface area (Å²) < 4.78 is 7.79. The number of hydrogen-bond donors (Lipinski definition) is 0. The number of thiazole rings is 1. The average molecular weight is 418 g/mol. The van der Waals surface area contributed by atoms with Crippen LogP contribution in [0.1, 0.15) is 11.1 Å². The van der Waals surface area contributed by atoms with E-state index in [0.717, 1.165) is 21.8 Å². The molecule has 0 aliphatic carbocycles. The molecular formula is C22H15N3O2S2. The van der Waals surface area contributed by atoms with Crippen molar-refractivity contribution < 1.29 is 4.74 Å². The Morgan fingerprint density at radius 2 is 1.83 bits per heavy atom. The number of rotatable bonds is 5. The number of hydrogen-bond acceptors (Lipinski definition) is 6. The normalized spacial score (nSPS) is 11.9. The highest BCUT2D eigenvalue weighted by molar-refractivity contribution is 7.15. The second-order valence-corrected chi connectivity index (χ2v) is 8.32. The molecule has 2 aromatic carbocycles. The molecule has 7 heteroatoms. The second-order valence-electron chi connectivity index (χ2n) is 6.37. The van der Waals surface area contributed by atoms with Gasteiger partial charge in [0.25, 0.3) is 5.56 Å². The maximum atomic E-state index is 12.7. The van der Waals surface area contributed by atoms with Crippen molar-refractivity contribution in [3.05, 3.63) is 98.1 Å². The molecule has 3 aromatic heterocycles. The van der Waals surface area contributed by atoms with E-state index in [-0.39, 0.29) is 5.56 Å². The molecule has 3 heterocycles. The molecule has 0 spiro atoms. The molecule has 0 saturated heterocycles. The predicted molar refractivity (Wildman–Crippen MR) is 116 cm³/mol. The highest BCUT2D eigenvalue weighted by atomic mass is 32.1. The van der Waals surface area contributed by atoms with Crippen LogP contribution in [0.5, 0.6) is 5.75 Å². The minimum atomic E-state index is -0.148. The van der Waals surface area contributed by atoms with Crippen molar-refractivity contribution in [3.8, 4) is 16.5 Å². The molecule has 0 saturated carbocycles. The number of fused-ring (bicyclic) bond motifs is 1. The number of benzene rings is 2. The van der Waals surface area contributed by atoms with Crippen molar-refractivity contribution in [2.24, 2.45) is 0 Å². The lowest BCUT2D eigenvalue weighted by molar-refractivity contribution is 0.306. The zero-order chi connectivity index (χ0) is 19.6. The molecule has 0 unspecified atom stereocenters. The molecule has 0 N–H and O–H groups in total. The van der Waals surface area contributed by atoms with E-state index in [1.165, 1.54) is 15.9 Å². The van der Waals surface area contributed by atoms with Gasteiger partial charge in [0.1, 0.15) is 12.4 Å². The van der Waals surface area contributed by atoms with E-state index >= 15 is 0 Å². The molecule has 29 heavy (non-hydrogen) atoms. The summed E-state index contributed by atoms with van der Waals surface area (Å²) in [5.41, 5.74) is 1.90. The number of ether oxygens (including phenoxy) is 1. The summed E-state index contributed by atoms with van der Waals surface area (Å²) in [5, 5.41) is 6.33. The molecule has 0 amide bonds. The molecular weight excluding hydrogens is 402 g/mol. The van der Waals surface area contributed by atoms with Crippen LogP contribution in [0.25, 0.3) is 21.7 Å². The Bertz CT molecular complexity index is 1360. The first-order chi connectivity index (χ1) is 14.3. The average Bonchev–Trinajstić information content (AvgIpc) is 3.47. The van der Waals surface area contributed by atoms with E-state index in [2.05, 4.69) is 10.1 Å². The Hall–Kier alpha value is -3.29. The van der Waals surface area contributed by atoms with Crippen LogP contribution in [0.15, 0.2) is 76.9 Å². The van der Waals surface area contributed by atoms with E-state index < -0.39 is 0 Å². The van der Waals surface area contributed by atoms with E-state index in [9.17, 15) is 4.79 Å². The lowest BCUT2D eigenvalue weighted by atomic mass is 10.2. The van der Waals surface area contributed by atoms with Crippen LogP contribution in [0.3, 0.4) is 0 Å². The van der Waals surface area contributed by atoms with Crippen molar-refractivity contribution in [2.75, 3.05) is 0 Å². The van der Waals surface area contributed by atoms with Gasteiger partial charge in [0.05, 0.1) is 9.41 Å². The first-order valence-electron chi connectivity index (χ1n) is 8.98. The van der Waals surface area contributed by atoms with Gasteiger partial charge >= 0.3 is 0 Å². The van der Waals surface area contributed by atoms with Gasteiger partial charge in [-0.15, -0.1) is 16.4 Å². The van der Waals surface area contributed by atoms with Crippen molar-refractivity contribution in [2.45, 2.75) is 6.61 Å². The summed E-state index contributed by atoms with van der Waals surface area (Å²) in [4.78, 5) is 18.7. The summed E-state index contributed by atoms with van der Waals surface area (Å²) in [6.07, 6.45) is 1.86. The Labute approximate surface area is 174 Å². The van der Waals surface area contributed by atoms with Crippen LogP contribution in [0.4, 0.5) is 0 Å². The Balaban J connectivity index is 1.37. The molecule has 5 rings (SSSR count). The van der Waals surface area contributed by atoms with Gasteiger partial charge in [-0.3, -0.25) is 4.79 Å². The fourth-order valence-electron chi connectivity index (χ4n) is 2.90. The Morgan fingerprint density at radius 3 is 2.55 bits per heavy atom. The molecule has 0 radical (unpaired) electrons. The quantitative estimate of drug-likeness (QED) is 0.434.